The van der Waals surface area contributed by atoms with Gasteiger partial charge in [-0.15, -0.1) is 0 Å². The lowest BCUT2D eigenvalue weighted by molar-refractivity contribution is 0.410. The second-order valence-electron chi connectivity index (χ2n) is 6.41. The molecule has 0 atom stereocenters. The van der Waals surface area contributed by atoms with Crippen LogP contribution in [0.1, 0.15) is 0 Å². The molecule has 0 bridgehead atoms. The molecule has 0 spiro atoms. The fourth-order valence-corrected chi connectivity index (χ4v) is 6.12. The van der Waals surface area contributed by atoms with Gasteiger partial charge in [0.05, 0.1) is 14.2 Å². The summed E-state index contributed by atoms with van der Waals surface area (Å²) in [6, 6.07) is 14.3. The number of methoxy groups -OCH3 is 2. The first-order valence-electron chi connectivity index (χ1n) is 8.50. The normalized spacial score (nSPS) is 11.2. The zero-order valence-corrected chi connectivity index (χ0v) is 23.9. The molecule has 3 nitrogen and oxygen atoms in total. The van der Waals surface area contributed by atoms with Gasteiger partial charge in [-0.05, 0) is 138 Å². The largest absolute Gasteiger partial charge is 0.507 e. The van der Waals surface area contributed by atoms with Crippen LogP contribution in [0.3, 0.4) is 0 Å². The Hall–Kier alpha value is -0.280. The molecule has 0 amide bonds. The average molecular weight is 834 g/mol. The van der Waals surface area contributed by atoms with Crippen molar-refractivity contribution in [2.45, 2.75) is 0 Å². The van der Waals surface area contributed by atoms with Crippen LogP contribution in [0.5, 0.6) is 17.2 Å². The van der Waals surface area contributed by atoms with E-state index in [-0.39, 0.29) is 5.75 Å². The second-order valence-corrected chi connectivity index (χ2v) is 11.2. The Balaban J connectivity index is 2.28. The van der Waals surface area contributed by atoms with E-state index in [2.05, 4.69) is 115 Å². The van der Waals surface area contributed by atoms with Crippen molar-refractivity contribution in [1.29, 1.82) is 0 Å². The number of rotatable bonds is 3. The van der Waals surface area contributed by atoms with Gasteiger partial charge in [-0.2, -0.15) is 0 Å². The quantitative estimate of drug-likeness (QED) is 0.215. The number of fused-ring (bicyclic) bond motifs is 2. The molecule has 4 rings (SSSR count). The van der Waals surface area contributed by atoms with Crippen molar-refractivity contribution in [2.24, 2.45) is 0 Å². The number of halogens is 4. The lowest BCUT2D eigenvalue weighted by Gasteiger charge is -2.20. The lowest BCUT2D eigenvalue weighted by Crippen LogP contribution is -1.98. The van der Waals surface area contributed by atoms with Crippen molar-refractivity contribution in [3.05, 3.63) is 56.7 Å². The van der Waals surface area contributed by atoms with Crippen LogP contribution in [0.15, 0.2) is 42.5 Å². The molecule has 0 aliphatic rings. The van der Waals surface area contributed by atoms with Crippen LogP contribution in [0.4, 0.5) is 0 Å². The van der Waals surface area contributed by atoms with Crippen molar-refractivity contribution in [1.82, 2.24) is 0 Å². The molecule has 1 N–H and O–H groups in total. The van der Waals surface area contributed by atoms with Gasteiger partial charge in [0.25, 0.3) is 0 Å². The van der Waals surface area contributed by atoms with E-state index in [1.165, 1.54) is 3.57 Å². The fraction of sp³-hybridized carbons (Fsp3) is 0.0909. The van der Waals surface area contributed by atoms with Crippen molar-refractivity contribution in [2.75, 3.05) is 14.2 Å². The molecule has 0 aliphatic heterocycles. The first kappa shape index (κ1) is 21.9. The molecule has 148 valence electrons. The van der Waals surface area contributed by atoms with Gasteiger partial charge in [-0.3, -0.25) is 0 Å². The predicted molar refractivity (Wildman–Crippen MR) is 153 cm³/mol. The summed E-state index contributed by atoms with van der Waals surface area (Å²) in [6.45, 7) is 0. The molecule has 0 saturated heterocycles. The molecular weight excluding hydrogens is 820 g/mol. The minimum absolute atomic E-state index is 0.234. The number of ether oxygens (including phenoxy) is 2. The Kier molecular flexibility index (Phi) is 6.57. The van der Waals surface area contributed by atoms with Crippen LogP contribution in [-0.4, -0.2) is 19.3 Å². The summed E-state index contributed by atoms with van der Waals surface area (Å²) in [5.41, 5.74) is 1.77. The Morgan fingerprint density at radius 2 is 1.24 bits per heavy atom. The van der Waals surface area contributed by atoms with Gasteiger partial charge in [0, 0.05) is 36.2 Å². The number of phenols is 1. The molecule has 0 unspecified atom stereocenters. The summed E-state index contributed by atoms with van der Waals surface area (Å²) in [4.78, 5) is 0. The fourth-order valence-electron chi connectivity index (χ4n) is 3.59. The zero-order valence-electron chi connectivity index (χ0n) is 15.3. The van der Waals surface area contributed by atoms with E-state index in [1.807, 2.05) is 12.1 Å². The van der Waals surface area contributed by atoms with Crippen LogP contribution in [0, 0.1) is 14.3 Å². The Morgan fingerprint density at radius 1 is 0.655 bits per heavy atom. The summed E-state index contributed by atoms with van der Waals surface area (Å²) in [5, 5.41) is 14.9. The van der Waals surface area contributed by atoms with Gasteiger partial charge in [0.1, 0.15) is 17.2 Å². The number of phenolic OH excluding ortho intramolecular Hbond substituents is 1. The highest BCUT2D eigenvalue weighted by Crippen LogP contribution is 2.50. The maximum Gasteiger partial charge on any atom is 0.128 e. The average Bonchev–Trinajstić information content (AvgIpc) is 2.68. The highest BCUT2D eigenvalue weighted by molar-refractivity contribution is 14.1. The van der Waals surface area contributed by atoms with Gasteiger partial charge >= 0.3 is 0 Å². The minimum atomic E-state index is 0.234. The van der Waals surface area contributed by atoms with Gasteiger partial charge < -0.3 is 14.6 Å². The summed E-state index contributed by atoms with van der Waals surface area (Å²) in [6.07, 6.45) is 0. The molecule has 0 heterocycles. The van der Waals surface area contributed by atoms with Gasteiger partial charge in [-0.1, -0.05) is 6.07 Å². The maximum atomic E-state index is 11.0. The standard InChI is InChI=1S/C22H14I4O3/c1-28-18-8-15(25)13-5-10(23)3-4-12(13)21(18)22-19(29-2)9-16(26)14-6-11(24)7-17(27)20(14)22/h3-9,27H,1-2H3. The molecule has 7 heteroatoms. The second kappa shape index (κ2) is 8.69. The van der Waals surface area contributed by atoms with Gasteiger partial charge in [0.15, 0.2) is 0 Å². The Labute approximate surface area is 223 Å². The smallest absolute Gasteiger partial charge is 0.128 e. The molecule has 0 fully saturated rings. The van der Waals surface area contributed by atoms with E-state index in [4.69, 9.17) is 9.47 Å². The van der Waals surface area contributed by atoms with Gasteiger partial charge in [-0.25, -0.2) is 0 Å². The molecule has 0 aliphatic carbocycles. The third kappa shape index (κ3) is 3.88. The van der Waals surface area contributed by atoms with E-state index >= 15 is 0 Å². The van der Waals surface area contributed by atoms with Crippen LogP contribution in [-0.2, 0) is 0 Å². The van der Waals surface area contributed by atoms with E-state index in [9.17, 15) is 5.11 Å². The van der Waals surface area contributed by atoms with Crippen LogP contribution >= 0.6 is 90.4 Å². The van der Waals surface area contributed by atoms with E-state index in [1.54, 1.807) is 20.3 Å². The van der Waals surface area contributed by atoms with Crippen LogP contribution in [0.25, 0.3) is 32.7 Å². The van der Waals surface area contributed by atoms with E-state index in [0.29, 0.717) is 5.75 Å². The molecular formula is C22H14I4O3. The number of hydrogen-bond donors (Lipinski definition) is 1. The zero-order chi connectivity index (χ0) is 20.9. The highest BCUT2D eigenvalue weighted by Gasteiger charge is 2.23. The summed E-state index contributed by atoms with van der Waals surface area (Å²) < 4.78 is 15.9. The van der Waals surface area contributed by atoms with Gasteiger partial charge in [0.2, 0.25) is 0 Å². The predicted octanol–water partition coefficient (Wildman–Crippen LogP) is 7.80. The first-order chi connectivity index (χ1) is 13.8. The number of aromatic hydroxyl groups is 1. The first-order valence-corrected chi connectivity index (χ1v) is 12.8. The molecule has 0 radical (unpaired) electrons. The minimum Gasteiger partial charge on any atom is -0.507 e. The van der Waals surface area contributed by atoms with Crippen molar-refractivity contribution >= 4 is 112 Å². The highest BCUT2D eigenvalue weighted by atomic mass is 127. The molecule has 0 saturated carbocycles. The Bertz CT molecular complexity index is 1290. The van der Waals surface area contributed by atoms with Crippen LogP contribution < -0.4 is 9.47 Å². The molecule has 4 aromatic rings. The van der Waals surface area contributed by atoms with Crippen molar-refractivity contribution < 1.29 is 14.6 Å². The van der Waals surface area contributed by atoms with E-state index < -0.39 is 0 Å². The third-order valence-corrected chi connectivity index (χ3v) is 7.87. The maximum absolute atomic E-state index is 11.0. The number of benzene rings is 4. The molecule has 0 aromatic heterocycles. The topological polar surface area (TPSA) is 38.7 Å². The Morgan fingerprint density at radius 3 is 1.90 bits per heavy atom. The van der Waals surface area contributed by atoms with Crippen molar-refractivity contribution in [3.63, 3.8) is 0 Å². The summed E-state index contributed by atoms with van der Waals surface area (Å²) >= 11 is 9.20. The third-order valence-electron chi connectivity index (χ3n) is 4.80. The number of hydrogen-bond acceptors (Lipinski definition) is 3. The molecule has 29 heavy (non-hydrogen) atoms. The van der Waals surface area contributed by atoms with Crippen LogP contribution in [0.2, 0.25) is 0 Å². The SMILES string of the molecule is COc1cc(I)c2cc(I)ccc2c1-c1c(OC)cc(I)c2cc(I)cc(O)c12. The summed E-state index contributed by atoms with van der Waals surface area (Å²) in [5.74, 6) is 1.69. The lowest BCUT2D eigenvalue weighted by atomic mass is 9.92. The summed E-state index contributed by atoms with van der Waals surface area (Å²) in [7, 11) is 3.34. The van der Waals surface area contributed by atoms with E-state index in [0.717, 1.165) is 49.1 Å². The molecule has 4 aromatic carbocycles. The van der Waals surface area contributed by atoms with Crippen molar-refractivity contribution in [3.8, 4) is 28.4 Å². The monoisotopic (exact) mass is 834 g/mol.